The summed E-state index contributed by atoms with van der Waals surface area (Å²) in [6.07, 6.45) is 2.66. The maximum absolute atomic E-state index is 3.48. The normalized spacial score (nSPS) is 21.9. The molecule has 1 aliphatic heterocycles. The summed E-state index contributed by atoms with van der Waals surface area (Å²) in [5.74, 6) is 0. The zero-order valence-corrected chi connectivity index (χ0v) is 10.6. The lowest BCUT2D eigenvalue weighted by Crippen LogP contribution is -2.31. The summed E-state index contributed by atoms with van der Waals surface area (Å²) < 4.78 is 1.13. The first-order valence-electron chi connectivity index (χ1n) is 5.45. The lowest BCUT2D eigenvalue weighted by Gasteiger charge is -2.20. The highest BCUT2D eigenvalue weighted by Gasteiger charge is 2.19. The molecule has 1 aliphatic rings. The quantitative estimate of drug-likeness (QED) is 0.907. The number of nitrogens with one attached hydrogen (secondary N) is 1. The van der Waals surface area contributed by atoms with Crippen LogP contribution in [-0.4, -0.2) is 31.1 Å². The van der Waals surface area contributed by atoms with Crippen molar-refractivity contribution in [1.29, 1.82) is 0 Å². The van der Waals surface area contributed by atoms with Gasteiger partial charge in [-0.25, -0.2) is 0 Å². The Hall–Kier alpha value is -0.540. The van der Waals surface area contributed by atoms with Crippen molar-refractivity contribution in [2.45, 2.75) is 18.9 Å². The fourth-order valence-electron chi connectivity index (χ4n) is 2.04. The third-order valence-corrected chi connectivity index (χ3v) is 3.59. The van der Waals surface area contributed by atoms with E-state index in [-0.39, 0.29) is 0 Å². The van der Waals surface area contributed by atoms with E-state index in [1.165, 1.54) is 25.1 Å². The average Bonchev–Trinajstić information content (AvgIpc) is 2.63. The van der Waals surface area contributed by atoms with Crippen LogP contribution in [0.3, 0.4) is 0 Å². The molecule has 15 heavy (non-hydrogen) atoms. The van der Waals surface area contributed by atoms with Gasteiger partial charge in [-0.2, -0.15) is 0 Å². The van der Waals surface area contributed by atoms with Crippen LogP contribution in [0.5, 0.6) is 0 Å². The lowest BCUT2D eigenvalue weighted by molar-refractivity contribution is 0.322. The van der Waals surface area contributed by atoms with Gasteiger partial charge >= 0.3 is 0 Å². The van der Waals surface area contributed by atoms with Gasteiger partial charge in [0.1, 0.15) is 0 Å². The monoisotopic (exact) mass is 268 g/mol. The first kappa shape index (κ1) is 11.0. The molecule has 0 amide bonds. The van der Waals surface area contributed by atoms with Gasteiger partial charge < -0.3 is 10.2 Å². The minimum absolute atomic E-state index is 0.702. The molecule has 2 rings (SSSR count). The van der Waals surface area contributed by atoms with Gasteiger partial charge in [-0.05, 0) is 50.7 Å². The SMILES string of the molecule is CN1CCCC1CNc1ccc(Br)cc1. The van der Waals surface area contributed by atoms with Gasteiger partial charge in [-0.1, -0.05) is 15.9 Å². The molecule has 1 heterocycles. The summed E-state index contributed by atoms with van der Waals surface area (Å²) in [6.45, 7) is 2.30. The van der Waals surface area contributed by atoms with E-state index in [9.17, 15) is 0 Å². The second-order valence-corrected chi connectivity index (χ2v) is 5.08. The van der Waals surface area contributed by atoms with Crippen molar-refractivity contribution in [3.05, 3.63) is 28.7 Å². The van der Waals surface area contributed by atoms with Crippen molar-refractivity contribution < 1.29 is 0 Å². The van der Waals surface area contributed by atoms with Crippen LogP contribution in [-0.2, 0) is 0 Å². The molecule has 1 saturated heterocycles. The predicted molar refractivity (Wildman–Crippen MR) is 68.3 cm³/mol. The zero-order valence-electron chi connectivity index (χ0n) is 9.04. The second kappa shape index (κ2) is 4.99. The Balaban J connectivity index is 1.85. The van der Waals surface area contributed by atoms with Crippen LogP contribution in [0, 0.1) is 0 Å². The van der Waals surface area contributed by atoms with E-state index in [0.717, 1.165) is 11.0 Å². The number of nitrogens with zero attached hydrogens (tertiary/aromatic N) is 1. The number of likely N-dealkylation sites (N-methyl/N-ethyl adjacent to an activating group) is 1. The molecule has 0 saturated carbocycles. The van der Waals surface area contributed by atoms with E-state index in [0.29, 0.717) is 6.04 Å². The molecule has 0 aliphatic carbocycles. The van der Waals surface area contributed by atoms with Gasteiger partial charge in [-0.3, -0.25) is 0 Å². The largest absolute Gasteiger partial charge is 0.383 e. The molecule has 0 aromatic heterocycles. The summed E-state index contributed by atoms with van der Waals surface area (Å²) in [6, 6.07) is 9.06. The molecule has 82 valence electrons. The Kier molecular flexibility index (Phi) is 3.65. The molecule has 0 bridgehead atoms. The van der Waals surface area contributed by atoms with Crippen LogP contribution in [0.4, 0.5) is 5.69 Å². The summed E-state index contributed by atoms with van der Waals surface area (Å²) in [7, 11) is 2.21. The van der Waals surface area contributed by atoms with Gasteiger partial charge in [-0.15, -0.1) is 0 Å². The Morgan fingerprint density at radius 3 is 2.73 bits per heavy atom. The van der Waals surface area contributed by atoms with Gasteiger partial charge in [0.15, 0.2) is 0 Å². The van der Waals surface area contributed by atoms with E-state index in [1.807, 2.05) is 0 Å². The molecule has 2 nitrogen and oxygen atoms in total. The van der Waals surface area contributed by atoms with Crippen molar-refractivity contribution in [3.8, 4) is 0 Å². The van der Waals surface area contributed by atoms with E-state index in [2.05, 4.69) is 57.5 Å². The second-order valence-electron chi connectivity index (χ2n) is 4.16. The number of benzene rings is 1. The molecular formula is C12H17BrN2. The van der Waals surface area contributed by atoms with Crippen LogP contribution >= 0.6 is 15.9 Å². The topological polar surface area (TPSA) is 15.3 Å². The van der Waals surface area contributed by atoms with E-state index in [1.54, 1.807) is 0 Å². The van der Waals surface area contributed by atoms with Crippen LogP contribution in [0.15, 0.2) is 28.7 Å². The first-order chi connectivity index (χ1) is 7.25. The molecule has 1 aromatic rings. The number of rotatable bonds is 3. The van der Waals surface area contributed by atoms with E-state index < -0.39 is 0 Å². The highest BCUT2D eigenvalue weighted by molar-refractivity contribution is 9.10. The molecule has 1 aromatic carbocycles. The van der Waals surface area contributed by atoms with E-state index >= 15 is 0 Å². The van der Waals surface area contributed by atoms with Gasteiger partial charge in [0.2, 0.25) is 0 Å². The van der Waals surface area contributed by atoms with E-state index in [4.69, 9.17) is 0 Å². The third-order valence-electron chi connectivity index (χ3n) is 3.06. The number of hydrogen-bond acceptors (Lipinski definition) is 2. The summed E-state index contributed by atoms with van der Waals surface area (Å²) in [5, 5.41) is 3.48. The number of likely N-dealkylation sites (tertiary alicyclic amines) is 1. The van der Waals surface area contributed by atoms with Crippen molar-refractivity contribution in [1.82, 2.24) is 4.90 Å². The van der Waals surface area contributed by atoms with Crippen molar-refractivity contribution in [2.75, 3.05) is 25.5 Å². The van der Waals surface area contributed by atoms with Gasteiger partial charge in [0, 0.05) is 22.7 Å². The Labute approximate surface area is 99.8 Å². The van der Waals surface area contributed by atoms with Crippen molar-refractivity contribution in [2.24, 2.45) is 0 Å². The molecular weight excluding hydrogens is 252 g/mol. The van der Waals surface area contributed by atoms with Crippen LogP contribution < -0.4 is 5.32 Å². The van der Waals surface area contributed by atoms with Crippen LogP contribution in [0.25, 0.3) is 0 Å². The number of anilines is 1. The van der Waals surface area contributed by atoms with Crippen LogP contribution in [0.1, 0.15) is 12.8 Å². The highest BCUT2D eigenvalue weighted by atomic mass is 79.9. The Morgan fingerprint density at radius 1 is 1.40 bits per heavy atom. The molecule has 3 heteroatoms. The number of hydrogen-bond donors (Lipinski definition) is 1. The minimum Gasteiger partial charge on any atom is -0.383 e. The standard InChI is InChI=1S/C12H17BrN2/c1-15-8-2-3-12(15)9-14-11-6-4-10(13)5-7-11/h4-7,12,14H,2-3,8-9H2,1H3. The average molecular weight is 269 g/mol. The molecule has 0 spiro atoms. The highest BCUT2D eigenvalue weighted by Crippen LogP contribution is 2.17. The molecule has 1 fully saturated rings. The fraction of sp³-hybridized carbons (Fsp3) is 0.500. The first-order valence-corrected chi connectivity index (χ1v) is 6.25. The maximum atomic E-state index is 3.48. The number of halogens is 1. The van der Waals surface area contributed by atoms with Crippen molar-refractivity contribution >= 4 is 21.6 Å². The fourth-order valence-corrected chi connectivity index (χ4v) is 2.30. The molecule has 0 radical (unpaired) electrons. The smallest absolute Gasteiger partial charge is 0.0341 e. The molecule has 1 atom stereocenters. The van der Waals surface area contributed by atoms with Crippen LogP contribution in [0.2, 0.25) is 0 Å². The summed E-state index contributed by atoms with van der Waals surface area (Å²) >= 11 is 3.44. The molecule has 1 unspecified atom stereocenters. The zero-order chi connectivity index (χ0) is 10.7. The summed E-state index contributed by atoms with van der Waals surface area (Å²) in [4.78, 5) is 2.44. The lowest BCUT2D eigenvalue weighted by atomic mass is 10.2. The molecule has 1 N–H and O–H groups in total. The van der Waals surface area contributed by atoms with Crippen molar-refractivity contribution in [3.63, 3.8) is 0 Å². The van der Waals surface area contributed by atoms with Gasteiger partial charge in [0.05, 0.1) is 0 Å². The Bertz CT molecular complexity index is 310. The summed E-state index contributed by atoms with van der Waals surface area (Å²) in [5.41, 5.74) is 1.21. The Morgan fingerprint density at radius 2 is 2.13 bits per heavy atom. The third kappa shape index (κ3) is 2.95. The maximum Gasteiger partial charge on any atom is 0.0341 e. The van der Waals surface area contributed by atoms with Gasteiger partial charge in [0.25, 0.3) is 0 Å². The minimum atomic E-state index is 0.702. The predicted octanol–water partition coefficient (Wildman–Crippen LogP) is 2.96.